The van der Waals surface area contributed by atoms with E-state index in [4.69, 9.17) is 0 Å². The number of rotatable bonds is 5. The zero-order valence-electron chi connectivity index (χ0n) is 11.5. The van der Waals surface area contributed by atoms with E-state index in [1.807, 2.05) is 37.3 Å². The Labute approximate surface area is 118 Å². The first-order valence-corrected chi connectivity index (χ1v) is 6.72. The van der Waals surface area contributed by atoms with Gasteiger partial charge in [-0.2, -0.15) is 0 Å². The lowest BCUT2D eigenvalue weighted by molar-refractivity contribution is 0.0741. The van der Waals surface area contributed by atoms with Crippen LogP contribution in [0.15, 0.2) is 53.6 Å². The van der Waals surface area contributed by atoms with E-state index < -0.39 is 0 Å². The number of benzene rings is 1. The average Bonchev–Trinajstić information content (AvgIpc) is 2.48. The second-order valence-electron chi connectivity index (χ2n) is 4.63. The topological polar surface area (TPSA) is 53.2 Å². The second kappa shape index (κ2) is 6.70. The summed E-state index contributed by atoms with van der Waals surface area (Å²) < 4.78 is 0. The summed E-state index contributed by atoms with van der Waals surface area (Å²) in [7, 11) is 0. The molecule has 4 nitrogen and oxygen atoms in total. The van der Waals surface area contributed by atoms with Crippen LogP contribution in [0.5, 0.6) is 0 Å². The van der Waals surface area contributed by atoms with Gasteiger partial charge in [-0.3, -0.25) is 9.59 Å². The highest BCUT2D eigenvalue weighted by Gasteiger charge is 2.17. The van der Waals surface area contributed by atoms with Gasteiger partial charge < -0.3 is 9.88 Å². The molecule has 4 heteroatoms. The van der Waals surface area contributed by atoms with Crippen molar-refractivity contribution in [2.24, 2.45) is 0 Å². The van der Waals surface area contributed by atoms with Gasteiger partial charge in [0.1, 0.15) is 5.56 Å². The molecule has 0 aliphatic heterocycles. The van der Waals surface area contributed by atoms with Crippen molar-refractivity contribution in [1.29, 1.82) is 0 Å². The monoisotopic (exact) mass is 270 g/mol. The lowest BCUT2D eigenvalue weighted by Gasteiger charge is -2.22. The Morgan fingerprint density at radius 1 is 1.20 bits per heavy atom. The molecule has 1 heterocycles. The molecule has 0 bridgehead atoms. The molecular formula is C16H18N2O2. The third-order valence-corrected chi connectivity index (χ3v) is 3.05. The predicted octanol–water partition coefficient (Wildman–Crippen LogP) is 2.43. The van der Waals surface area contributed by atoms with Crippen molar-refractivity contribution in [3.63, 3.8) is 0 Å². The summed E-state index contributed by atoms with van der Waals surface area (Å²) in [4.78, 5) is 28.7. The summed E-state index contributed by atoms with van der Waals surface area (Å²) in [6, 6.07) is 11.2. The van der Waals surface area contributed by atoms with E-state index in [0.717, 1.165) is 12.0 Å². The largest absolute Gasteiger partial charge is 0.367 e. The average molecular weight is 270 g/mol. The molecule has 0 radical (unpaired) electrons. The highest BCUT2D eigenvalue weighted by Crippen LogP contribution is 2.08. The van der Waals surface area contributed by atoms with Crippen LogP contribution in [0, 0.1) is 0 Å². The quantitative estimate of drug-likeness (QED) is 0.907. The Hall–Kier alpha value is -2.36. The summed E-state index contributed by atoms with van der Waals surface area (Å²) in [5.74, 6) is -0.224. The molecule has 2 aromatic rings. The number of H-pyrrole nitrogens is 1. The van der Waals surface area contributed by atoms with Gasteiger partial charge in [0.25, 0.3) is 5.91 Å². The van der Waals surface area contributed by atoms with Crippen LogP contribution in [0.4, 0.5) is 0 Å². The van der Waals surface area contributed by atoms with Crippen LogP contribution < -0.4 is 5.43 Å². The standard InChI is InChI=1S/C16H18N2O2/c1-2-10-18(12-13-6-4-3-5-7-13)16(20)14-11-17-9-8-15(14)19/h3-9,11H,2,10,12H2,1H3,(H,17,19). The lowest BCUT2D eigenvalue weighted by atomic mass is 10.1. The van der Waals surface area contributed by atoms with Gasteiger partial charge in [0.05, 0.1) is 0 Å². The molecule has 20 heavy (non-hydrogen) atoms. The van der Waals surface area contributed by atoms with Crippen LogP contribution in [0.25, 0.3) is 0 Å². The van der Waals surface area contributed by atoms with Crippen LogP contribution in [-0.2, 0) is 6.54 Å². The molecule has 1 aromatic heterocycles. The van der Waals surface area contributed by atoms with Gasteiger partial charge in [-0.1, -0.05) is 37.3 Å². The Bertz CT molecular complexity index is 620. The zero-order chi connectivity index (χ0) is 14.4. The van der Waals surface area contributed by atoms with Gasteiger partial charge >= 0.3 is 0 Å². The summed E-state index contributed by atoms with van der Waals surface area (Å²) >= 11 is 0. The number of carbonyl (C=O) groups excluding carboxylic acids is 1. The van der Waals surface area contributed by atoms with E-state index in [1.165, 1.54) is 18.5 Å². The van der Waals surface area contributed by atoms with Crippen molar-refractivity contribution in [2.45, 2.75) is 19.9 Å². The first-order valence-electron chi connectivity index (χ1n) is 6.72. The summed E-state index contributed by atoms with van der Waals surface area (Å²) in [5.41, 5.74) is 1.00. The van der Waals surface area contributed by atoms with Crippen LogP contribution in [0.2, 0.25) is 0 Å². The fourth-order valence-corrected chi connectivity index (χ4v) is 2.08. The summed E-state index contributed by atoms with van der Waals surface area (Å²) in [6.45, 7) is 3.16. The Morgan fingerprint density at radius 2 is 1.95 bits per heavy atom. The minimum absolute atomic E-state index is 0.192. The molecule has 0 aliphatic carbocycles. The molecule has 0 atom stereocenters. The number of aromatic nitrogens is 1. The third-order valence-electron chi connectivity index (χ3n) is 3.05. The molecule has 1 amide bonds. The van der Waals surface area contributed by atoms with Crippen molar-refractivity contribution < 1.29 is 4.79 Å². The molecule has 0 unspecified atom stereocenters. The normalized spacial score (nSPS) is 10.2. The van der Waals surface area contributed by atoms with Crippen molar-refractivity contribution in [3.05, 3.63) is 70.1 Å². The molecule has 1 N–H and O–H groups in total. The van der Waals surface area contributed by atoms with Gasteiger partial charge in [-0.15, -0.1) is 0 Å². The van der Waals surface area contributed by atoms with Crippen molar-refractivity contribution in [2.75, 3.05) is 6.54 Å². The van der Waals surface area contributed by atoms with E-state index in [-0.39, 0.29) is 16.9 Å². The number of aromatic amines is 1. The predicted molar refractivity (Wildman–Crippen MR) is 78.5 cm³/mol. The smallest absolute Gasteiger partial charge is 0.259 e. The molecule has 1 aromatic carbocycles. The molecular weight excluding hydrogens is 252 g/mol. The van der Waals surface area contributed by atoms with E-state index in [0.29, 0.717) is 13.1 Å². The first-order chi connectivity index (χ1) is 9.72. The molecule has 104 valence electrons. The maximum absolute atomic E-state index is 12.5. The van der Waals surface area contributed by atoms with Gasteiger partial charge in [-0.05, 0) is 12.0 Å². The van der Waals surface area contributed by atoms with Gasteiger partial charge in [-0.25, -0.2) is 0 Å². The third kappa shape index (κ3) is 3.35. The lowest BCUT2D eigenvalue weighted by Crippen LogP contribution is -2.34. The number of hydrogen-bond donors (Lipinski definition) is 1. The van der Waals surface area contributed by atoms with Gasteiger partial charge in [0.15, 0.2) is 5.43 Å². The number of carbonyl (C=O) groups is 1. The zero-order valence-corrected chi connectivity index (χ0v) is 11.5. The minimum atomic E-state index is -0.247. The number of hydrogen-bond acceptors (Lipinski definition) is 2. The Kier molecular flexibility index (Phi) is 4.71. The molecule has 0 saturated carbocycles. The molecule has 0 spiro atoms. The SMILES string of the molecule is CCCN(Cc1ccccc1)C(=O)c1c[nH]ccc1=O. The fraction of sp³-hybridized carbons (Fsp3) is 0.250. The number of nitrogens with one attached hydrogen (secondary N) is 1. The second-order valence-corrected chi connectivity index (χ2v) is 4.63. The number of amides is 1. The van der Waals surface area contributed by atoms with Crippen LogP contribution in [0.1, 0.15) is 29.3 Å². The highest BCUT2D eigenvalue weighted by molar-refractivity contribution is 5.93. The first kappa shape index (κ1) is 14.1. The van der Waals surface area contributed by atoms with Gasteiger partial charge in [0.2, 0.25) is 0 Å². The molecule has 0 saturated heterocycles. The van der Waals surface area contributed by atoms with E-state index in [9.17, 15) is 9.59 Å². The molecule has 2 rings (SSSR count). The Morgan fingerprint density at radius 3 is 2.60 bits per heavy atom. The van der Waals surface area contributed by atoms with Crippen LogP contribution in [-0.4, -0.2) is 22.3 Å². The van der Waals surface area contributed by atoms with Crippen LogP contribution >= 0.6 is 0 Å². The van der Waals surface area contributed by atoms with Crippen LogP contribution in [0.3, 0.4) is 0 Å². The molecule has 0 fully saturated rings. The maximum Gasteiger partial charge on any atom is 0.259 e. The maximum atomic E-state index is 12.5. The van der Waals surface area contributed by atoms with Crippen molar-refractivity contribution in [3.8, 4) is 0 Å². The number of nitrogens with zero attached hydrogens (tertiary/aromatic N) is 1. The number of pyridine rings is 1. The van der Waals surface area contributed by atoms with E-state index >= 15 is 0 Å². The highest BCUT2D eigenvalue weighted by atomic mass is 16.2. The fourth-order valence-electron chi connectivity index (χ4n) is 2.08. The van der Waals surface area contributed by atoms with E-state index in [2.05, 4.69) is 4.98 Å². The van der Waals surface area contributed by atoms with Gasteiger partial charge in [0, 0.05) is 31.5 Å². The Balaban J connectivity index is 2.22. The summed E-state index contributed by atoms with van der Waals surface area (Å²) in [6.07, 6.45) is 3.85. The molecule has 0 aliphatic rings. The minimum Gasteiger partial charge on any atom is -0.367 e. The van der Waals surface area contributed by atoms with E-state index in [1.54, 1.807) is 4.90 Å². The van der Waals surface area contributed by atoms with Crippen molar-refractivity contribution >= 4 is 5.91 Å². The summed E-state index contributed by atoms with van der Waals surface area (Å²) in [5, 5.41) is 0. The van der Waals surface area contributed by atoms with Crippen molar-refractivity contribution in [1.82, 2.24) is 9.88 Å².